The van der Waals surface area contributed by atoms with Gasteiger partial charge >= 0.3 is 6.18 Å². The van der Waals surface area contributed by atoms with Crippen molar-refractivity contribution in [3.63, 3.8) is 0 Å². The molecule has 0 spiro atoms. The maximum atomic E-state index is 12.8. The van der Waals surface area contributed by atoms with Crippen molar-refractivity contribution >= 4 is 16.3 Å². The van der Waals surface area contributed by atoms with Gasteiger partial charge in [-0.2, -0.15) is 22.8 Å². The molecule has 0 radical (unpaired) electrons. The molecule has 0 saturated heterocycles. The van der Waals surface area contributed by atoms with E-state index in [2.05, 4.69) is 27.4 Å². The molecule has 3 aromatic carbocycles. The predicted molar refractivity (Wildman–Crippen MR) is 110 cm³/mol. The van der Waals surface area contributed by atoms with E-state index in [0.717, 1.165) is 33.8 Å². The van der Waals surface area contributed by atoms with Crippen LogP contribution in [0.3, 0.4) is 0 Å². The summed E-state index contributed by atoms with van der Waals surface area (Å²) in [6, 6.07) is 22.9. The molecule has 5 aromatic rings. The van der Waals surface area contributed by atoms with Gasteiger partial charge < -0.3 is 0 Å². The number of alkyl halides is 3. The van der Waals surface area contributed by atoms with Crippen LogP contribution >= 0.6 is 11.3 Å². The van der Waals surface area contributed by atoms with Gasteiger partial charge in [0, 0.05) is 11.1 Å². The summed E-state index contributed by atoms with van der Waals surface area (Å²) in [6.45, 7) is 0. The highest BCUT2D eigenvalue weighted by atomic mass is 32.1. The summed E-state index contributed by atoms with van der Waals surface area (Å²) in [7, 11) is 0. The van der Waals surface area contributed by atoms with Crippen molar-refractivity contribution in [2.24, 2.45) is 0 Å². The lowest BCUT2D eigenvalue weighted by Crippen LogP contribution is -2.04. The lowest BCUT2D eigenvalue weighted by atomic mass is 10.0. The summed E-state index contributed by atoms with van der Waals surface area (Å²) in [5.74, 6) is 0.405. The van der Waals surface area contributed by atoms with E-state index in [0.29, 0.717) is 16.3 Å². The van der Waals surface area contributed by atoms with Gasteiger partial charge in [-0.05, 0) is 23.3 Å². The van der Waals surface area contributed by atoms with Gasteiger partial charge in [0.05, 0.1) is 5.56 Å². The first kappa shape index (κ1) is 18.5. The average Bonchev–Trinajstić information content (AvgIpc) is 3.35. The van der Waals surface area contributed by atoms with Crippen LogP contribution in [0.1, 0.15) is 5.56 Å². The molecule has 0 unspecified atom stereocenters. The molecule has 2 aromatic heterocycles. The second-order valence-corrected chi connectivity index (χ2v) is 7.60. The Bertz CT molecular complexity index is 1310. The Labute approximate surface area is 173 Å². The van der Waals surface area contributed by atoms with Crippen molar-refractivity contribution in [2.75, 3.05) is 0 Å². The van der Waals surface area contributed by atoms with Gasteiger partial charge in [-0.3, -0.25) is 0 Å². The zero-order valence-corrected chi connectivity index (χ0v) is 16.2. The van der Waals surface area contributed by atoms with Gasteiger partial charge in [-0.15, -0.1) is 10.2 Å². The van der Waals surface area contributed by atoms with Crippen molar-refractivity contribution in [3.8, 4) is 33.1 Å². The fourth-order valence-corrected chi connectivity index (χ4v) is 4.00. The molecule has 2 heterocycles. The monoisotopic (exact) mass is 422 g/mol. The molecule has 4 nitrogen and oxygen atoms in total. The molecule has 0 aliphatic heterocycles. The van der Waals surface area contributed by atoms with Crippen LogP contribution in [0, 0.1) is 0 Å². The number of hydrogen-bond acceptors (Lipinski definition) is 4. The second kappa shape index (κ2) is 7.07. The highest BCUT2D eigenvalue weighted by Crippen LogP contribution is 2.32. The molecular weight excluding hydrogens is 409 g/mol. The van der Waals surface area contributed by atoms with E-state index in [1.54, 1.807) is 4.52 Å². The van der Waals surface area contributed by atoms with E-state index in [-0.39, 0.29) is 0 Å². The van der Waals surface area contributed by atoms with E-state index < -0.39 is 11.7 Å². The van der Waals surface area contributed by atoms with Crippen LogP contribution in [0.25, 0.3) is 38.0 Å². The molecule has 8 heteroatoms. The molecule has 0 atom stereocenters. The summed E-state index contributed by atoms with van der Waals surface area (Å²) in [4.78, 5) is 0.576. The van der Waals surface area contributed by atoms with Crippen molar-refractivity contribution in [2.45, 2.75) is 6.18 Å². The third-order valence-corrected chi connectivity index (χ3v) is 5.65. The Morgan fingerprint density at radius 1 is 0.667 bits per heavy atom. The number of nitrogens with zero attached hydrogens (tertiary/aromatic N) is 4. The molecule has 30 heavy (non-hydrogen) atoms. The third-order valence-electron chi connectivity index (χ3n) is 4.70. The molecular formula is C22H13F3N4S. The first-order chi connectivity index (χ1) is 14.5. The normalized spacial score (nSPS) is 11.8. The van der Waals surface area contributed by atoms with Gasteiger partial charge in [0.25, 0.3) is 0 Å². The summed E-state index contributed by atoms with van der Waals surface area (Å²) < 4.78 is 40.0. The highest BCUT2D eigenvalue weighted by Gasteiger charge is 2.30. The van der Waals surface area contributed by atoms with E-state index in [1.807, 2.05) is 42.5 Å². The zero-order chi connectivity index (χ0) is 20.7. The summed E-state index contributed by atoms with van der Waals surface area (Å²) in [6.07, 6.45) is -4.38. The molecule has 0 aliphatic carbocycles. The molecule has 5 rings (SSSR count). The van der Waals surface area contributed by atoms with Crippen LogP contribution in [0.15, 0.2) is 78.9 Å². The van der Waals surface area contributed by atoms with Crippen LogP contribution in [0.4, 0.5) is 13.2 Å². The van der Waals surface area contributed by atoms with Crippen molar-refractivity contribution < 1.29 is 13.2 Å². The fourth-order valence-electron chi connectivity index (χ4n) is 3.16. The predicted octanol–water partition coefficient (Wildman–Crippen LogP) is 6.21. The third kappa shape index (κ3) is 3.35. The van der Waals surface area contributed by atoms with Gasteiger partial charge in [-0.1, -0.05) is 78.1 Å². The van der Waals surface area contributed by atoms with Crippen molar-refractivity contribution in [1.82, 2.24) is 19.8 Å². The Hall–Kier alpha value is -3.52. The zero-order valence-electron chi connectivity index (χ0n) is 15.3. The quantitative estimate of drug-likeness (QED) is 0.347. The van der Waals surface area contributed by atoms with Crippen LogP contribution in [0.2, 0.25) is 0 Å². The number of benzene rings is 3. The van der Waals surface area contributed by atoms with Gasteiger partial charge in [-0.25, -0.2) is 0 Å². The van der Waals surface area contributed by atoms with Gasteiger partial charge in [0.1, 0.15) is 5.01 Å². The topological polar surface area (TPSA) is 43.1 Å². The lowest BCUT2D eigenvalue weighted by molar-refractivity contribution is -0.137. The number of fused-ring (bicyclic) bond motifs is 1. The Morgan fingerprint density at radius 2 is 1.27 bits per heavy atom. The van der Waals surface area contributed by atoms with Gasteiger partial charge in [0.15, 0.2) is 5.82 Å². The van der Waals surface area contributed by atoms with Crippen LogP contribution in [-0.4, -0.2) is 19.8 Å². The lowest BCUT2D eigenvalue weighted by Gasteiger charge is -2.06. The Kier molecular flexibility index (Phi) is 4.36. The van der Waals surface area contributed by atoms with Gasteiger partial charge in [0.2, 0.25) is 4.96 Å². The molecule has 0 amide bonds. The molecule has 148 valence electrons. The minimum atomic E-state index is -4.38. The smallest absolute Gasteiger partial charge is 0.182 e. The first-order valence-electron chi connectivity index (χ1n) is 9.05. The van der Waals surface area contributed by atoms with E-state index in [1.165, 1.54) is 23.5 Å². The summed E-state index contributed by atoms with van der Waals surface area (Å²) in [5.41, 5.74) is 2.99. The number of halogens is 3. The number of aromatic nitrogens is 4. The SMILES string of the molecule is FC(F)(F)c1ccc(-c2nnc3sc(-c4ccc(-c5ccccc5)cc4)nn23)cc1. The van der Waals surface area contributed by atoms with E-state index in [4.69, 9.17) is 0 Å². The average molecular weight is 422 g/mol. The Morgan fingerprint density at radius 3 is 1.93 bits per heavy atom. The van der Waals surface area contributed by atoms with Crippen LogP contribution in [-0.2, 0) is 6.18 Å². The molecule has 0 aliphatic rings. The molecule has 0 saturated carbocycles. The van der Waals surface area contributed by atoms with Crippen molar-refractivity contribution in [1.29, 1.82) is 0 Å². The highest BCUT2D eigenvalue weighted by molar-refractivity contribution is 7.19. The minimum Gasteiger partial charge on any atom is -0.182 e. The summed E-state index contributed by atoms with van der Waals surface area (Å²) in [5, 5.41) is 13.5. The maximum absolute atomic E-state index is 12.8. The number of rotatable bonds is 3. The fraction of sp³-hybridized carbons (Fsp3) is 0.0455. The van der Waals surface area contributed by atoms with Crippen LogP contribution < -0.4 is 0 Å². The van der Waals surface area contributed by atoms with Crippen LogP contribution in [0.5, 0.6) is 0 Å². The minimum absolute atomic E-state index is 0.405. The van der Waals surface area contributed by atoms with E-state index >= 15 is 0 Å². The largest absolute Gasteiger partial charge is 0.416 e. The molecule has 0 N–H and O–H groups in total. The molecule has 0 fully saturated rings. The maximum Gasteiger partial charge on any atom is 0.416 e. The first-order valence-corrected chi connectivity index (χ1v) is 9.86. The number of hydrogen-bond donors (Lipinski definition) is 0. The second-order valence-electron chi connectivity index (χ2n) is 6.64. The standard InChI is InChI=1S/C22H13F3N4S/c23-22(24,25)18-12-10-16(11-13-18)19-26-27-21-29(19)28-20(30-21)17-8-6-15(7-9-17)14-4-2-1-3-5-14/h1-13H. The molecule has 0 bridgehead atoms. The summed E-state index contributed by atoms with van der Waals surface area (Å²) >= 11 is 1.37. The van der Waals surface area contributed by atoms with Crippen molar-refractivity contribution in [3.05, 3.63) is 84.4 Å². The Balaban J connectivity index is 1.47. The van der Waals surface area contributed by atoms with E-state index in [9.17, 15) is 13.2 Å².